The fraction of sp³-hybridized carbons (Fsp3) is 0.750. The van der Waals surface area contributed by atoms with Crippen LogP contribution in [0.4, 0.5) is 5.13 Å². The quantitative estimate of drug-likeness (QED) is 0.928. The van der Waals surface area contributed by atoms with Crippen molar-refractivity contribution in [2.24, 2.45) is 11.3 Å². The van der Waals surface area contributed by atoms with Gasteiger partial charge in [-0.05, 0) is 25.2 Å². The maximum atomic E-state index is 12.7. The third-order valence-electron chi connectivity index (χ3n) is 5.12. The van der Waals surface area contributed by atoms with Crippen LogP contribution in [0, 0.1) is 11.3 Å². The summed E-state index contributed by atoms with van der Waals surface area (Å²) in [4.78, 5) is 21.0. The molecule has 21 heavy (non-hydrogen) atoms. The maximum absolute atomic E-state index is 12.7. The Morgan fingerprint density at radius 2 is 2.33 bits per heavy atom. The zero-order chi connectivity index (χ0) is 14.6. The summed E-state index contributed by atoms with van der Waals surface area (Å²) in [6.45, 7) is 7.13. The number of piperidine rings is 1. The van der Waals surface area contributed by atoms with Crippen molar-refractivity contribution in [3.8, 4) is 0 Å². The highest BCUT2D eigenvalue weighted by molar-refractivity contribution is 7.15. The van der Waals surface area contributed by atoms with Crippen molar-refractivity contribution >= 4 is 22.3 Å². The lowest BCUT2D eigenvalue weighted by molar-refractivity contribution is -0.129. The normalized spacial score (nSPS) is 32.0. The van der Waals surface area contributed by atoms with Crippen LogP contribution in [0.1, 0.15) is 43.9 Å². The molecule has 114 valence electrons. The fourth-order valence-electron chi connectivity index (χ4n) is 3.78. The largest absolute Gasteiger partial charge is 0.345 e. The summed E-state index contributed by atoms with van der Waals surface area (Å²) in [7, 11) is 0. The van der Waals surface area contributed by atoms with Crippen LogP contribution in [0.2, 0.25) is 0 Å². The van der Waals surface area contributed by atoms with E-state index in [1.165, 1.54) is 4.88 Å². The Morgan fingerprint density at radius 1 is 1.52 bits per heavy atom. The van der Waals surface area contributed by atoms with Crippen LogP contribution in [-0.2, 0) is 4.79 Å². The first-order valence-corrected chi connectivity index (χ1v) is 8.87. The molecule has 5 heteroatoms. The molecule has 1 aromatic rings. The molecule has 0 amide bonds. The lowest BCUT2D eigenvalue weighted by Gasteiger charge is -2.38. The third-order valence-corrected chi connectivity index (χ3v) is 6.48. The molecule has 2 saturated heterocycles. The predicted octanol–water partition coefficient (Wildman–Crippen LogP) is 2.41. The van der Waals surface area contributed by atoms with E-state index in [1.54, 1.807) is 11.3 Å². The molecule has 1 aliphatic carbocycles. The summed E-state index contributed by atoms with van der Waals surface area (Å²) in [5.74, 6) is 1.40. The average Bonchev–Trinajstić information content (AvgIpc) is 3.10. The van der Waals surface area contributed by atoms with E-state index in [4.69, 9.17) is 0 Å². The number of hydrogen-bond acceptors (Lipinski definition) is 5. The van der Waals surface area contributed by atoms with Crippen molar-refractivity contribution in [3.63, 3.8) is 0 Å². The van der Waals surface area contributed by atoms with Crippen LogP contribution in [-0.4, -0.2) is 36.4 Å². The molecule has 0 spiro atoms. The van der Waals surface area contributed by atoms with Gasteiger partial charge in [0, 0.05) is 42.7 Å². The van der Waals surface area contributed by atoms with Crippen LogP contribution in [0.25, 0.3) is 0 Å². The number of nitrogens with one attached hydrogen (secondary N) is 1. The number of ketones is 1. The summed E-state index contributed by atoms with van der Waals surface area (Å²) >= 11 is 1.79. The fourth-order valence-corrected chi connectivity index (χ4v) is 4.71. The molecular weight excluding hydrogens is 282 g/mol. The van der Waals surface area contributed by atoms with Crippen LogP contribution in [0.5, 0.6) is 0 Å². The summed E-state index contributed by atoms with van der Waals surface area (Å²) in [5.41, 5.74) is -0.145. The first-order valence-electron chi connectivity index (χ1n) is 8.06. The number of Topliss-reactive ketones (excluding diaryl/α,β-unsaturated/α-hetero) is 1. The second kappa shape index (κ2) is 4.78. The van der Waals surface area contributed by atoms with E-state index in [1.807, 2.05) is 6.20 Å². The molecule has 2 atom stereocenters. The molecule has 0 aromatic carbocycles. The van der Waals surface area contributed by atoms with Crippen molar-refractivity contribution in [3.05, 3.63) is 11.1 Å². The Labute approximate surface area is 129 Å². The van der Waals surface area contributed by atoms with Gasteiger partial charge in [0.15, 0.2) is 5.13 Å². The second-order valence-corrected chi connectivity index (χ2v) is 8.32. The van der Waals surface area contributed by atoms with E-state index >= 15 is 0 Å². The number of nitrogens with zero attached hydrogens (tertiary/aromatic N) is 2. The van der Waals surface area contributed by atoms with Gasteiger partial charge in [-0.15, -0.1) is 11.3 Å². The highest BCUT2D eigenvalue weighted by Crippen LogP contribution is 2.45. The van der Waals surface area contributed by atoms with Gasteiger partial charge < -0.3 is 10.2 Å². The standard InChI is InChI=1S/C16H23N3OS/c1-10(2)13-6-17-15(21-13)19-7-12-5-16(9-19,8-18-12)14(20)11-3-4-11/h6,10-12,18H,3-5,7-9H2,1-2H3. The van der Waals surface area contributed by atoms with Gasteiger partial charge in [-0.1, -0.05) is 13.8 Å². The van der Waals surface area contributed by atoms with Crippen molar-refractivity contribution in [2.75, 3.05) is 24.5 Å². The topological polar surface area (TPSA) is 45.2 Å². The molecule has 1 N–H and O–H groups in total. The van der Waals surface area contributed by atoms with Crippen LogP contribution < -0.4 is 10.2 Å². The Balaban J connectivity index is 1.58. The van der Waals surface area contributed by atoms with Crippen molar-refractivity contribution in [2.45, 2.75) is 45.1 Å². The van der Waals surface area contributed by atoms with E-state index in [0.717, 1.165) is 44.0 Å². The van der Waals surface area contributed by atoms with Crippen molar-refractivity contribution in [1.82, 2.24) is 10.3 Å². The predicted molar refractivity (Wildman–Crippen MR) is 85.0 cm³/mol. The zero-order valence-electron chi connectivity index (χ0n) is 12.8. The Morgan fingerprint density at radius 3 is 3.00 bits per heavy atom. The van der Waals surface area contributed by atoms with Gasteiger partial charge in [0.2, 0.25) is 0 Å². The van der Waals surface area contributed by atoms with Gasteiger partial charge in [-0.2, -0.15) is 0 Å². The molecule has 3 fully saturated rings. The third kappa shape index (κ3) is 2.30. The second-order valence-electron chi connectivity index (χ2n) is 7.28. The summed E-state index contributed by atoms with van der Waals surface area (Å²) in [6, 6.07) is 0.452. The number of hydrogen-bond donors (Lipinski definition) is 1. The van der Waals surface area contributed by atoms with Crippen LogP contribution in [0.15, 0.2) is 6.20 Å². The number of thiazole rings is 1. The van der Waals surface area contributed by atoms with E-state index in [-0.39, 0.29) is 5.41 Å². The highest BCUT2D eigenvalue weighted by Gasteiger charge is 2.53. The van der Waals surface area contributed by atoms with Gasteiger partial charge in [-0.3, -0.25) is 4.79 Å². The Kier molecular flexibility index (Phi) is 3.12. The number of fused-ring (bicyclic) bond motifs is 2. The van der Waals surface area contributed by atoms with Crippen molar-refractivity contribution in [1.29, 1.82) is 0 Å². The molecule has 4 rings (SSSR count). The maximum Gasteiger partial charge on any atom is 0.185 e. The molecule has 4 nitrogen and oxygen atoms in total. The first-order chi connectivity index (χ1) is 10.1. The van der Waals surface area contributed by atoms with E-state index in [9.17, 15) is 4.79 Å². The first kappa shape index (κ1) is 13.7. The molecule has 0 radical (unpaired) electrons. The molecular formula is C16H23N3OS. The Hall–Kier alpha value is -0.940. The summed E-state index contributed by atoms with van der Waals surface area (Å²) in [6.07, 6.45) is 5.26. The van der Waals surface area contributed by atoms with E-state index in [2.05, 4.69) is 29.0 Å². The molecule has 3 heterocycles. The SMILES string of the molecule is CC(C)c1cnc(N2CC3CC(C(=O)C4CC4)(CN3)C2)s1. The number of rotatable bonds is 4. The van der Waals surface area contributed by atoms with E-state index < -0.39 is 0 Å². The Bertz CT molecular complexity index is 566. The van der Waals surface area contributed by atoms with Gasteiger partial charge >= 0.3 is 0 Å². The average molecular weight is 305 g/mol. The zero-order valence-corrected chi connectivity index (χ0v) is 13.6. The van der Waals surface area contributed by atoms with Crippen LogP contribution >= 0.6 is 11.3 Å². The van der Waals surface area contributed by atoms with Gasteiger partial charge in [0.25, 0.3) is 0 Å². The van der Waals surface area contributed by atoms with Gasteiger partial charge in [0.1, 0.15) is 5.78 Å². The number of carbonyl (C=O) groups is 1. The van der Waals surface area contributed by atoms with Crippen LogP contribution in [0.3, 0.4) is 0 Å². The minimum Gasteiger partial charge on any atom is -0.345 e. The van der Waals surface area contributed by atoms with Crippen molar-refractivity contribution < 1.29 is 4.79 Å². The number of aromatic nitrogens is 1. The lowest BCUT2D eigenvalue weighted by Crippen LogP contribution is -2.50. The number of anilines is 1. The molecule has 1 saturated carbocycles. The summed E-state index contributed by atoms with van der Waals surface area (Å²) in [5, 5.41) is 4.66. The molecule has 2 unspecified atom stereocenters. The molecule has 2 aliphatic heterocycles. The molecule has 3 aliphatic rings. The minimum atomic E-state index is -0.145. The molecule has 2 bridgehead atoms. The summed E-state index contributed by atoms with van der Waals surface area (Å²) < 4.78 is 0. The monoisotopic (exact) mass is 305 g/mol. The van der Waals surface area contributed by atoms with Gasteiger partial charge in [0.05, 0.1) is 5.41 Å². The van der Waals surface area contributed by atoms with E-state index in [0.29, 0.717) is 23.7 Å². The smallest absolute Gasteiger partial charge is 0.185 e. The molecule has 1 aromatic heterocycles. The minimum absolute atomic E-state index is 0.145. The lowest BCUT2D eigenvalue weighted by atomic mass is 9.76. The highest BCUT2D eigenvalue weighted by atomic mass is 32.1. The van der Waals surface area contributed by atoms with Gasteiger partial charge in [-0.25, -0.2) is 4.98 Å². The number of carbonyl (C=O) groups excluding carboxylic acids is 1.